The molecule has 204 valence electrons. The van der Waals surface area contributed by atoms with E-state index in [9.17, 15) is 9.59 Å². The van der Waals surface area contributed by atoms with E-state index in [1.54, 1.807) is 30.7 Å². The van der Waals surface area contributed by atoms with Crippen molar-refractivity contribution < 1.29 is 9.59 Å². The van der Waals surface area contributed by atoms with Crippen LogP contribution in [-0.2, 0) is 22.7 Å². The Labute approximate surface area is 241 Å². The van der Waals surface area contributed by atoms with Gasteiger partial charge >= 0.3 is 0 Å². The van der Waals surface area contributed by atoms with Gasteiger partial charge in [-0.1, -0.05) is 35.3 Å². The smallest absolute Gasteiger partial charge is 0.226 e. The number of nitriles is 2. The van der Waals surface area contributed by atoms with Crippen molar-refractivity contribution in [3.05, 3.63) is 58.1 Å². The molecule has 1 fully saturated rings. The summed E-state index contributed by atoms with van der Waals surface area (Å²) >= 11 is 16.1. The number of amides is 1. The highest BCUT2D eigenvalue weighted by Crippen LogP contribution is 2.15. The molecular formula is C24H25Cl3N10O2. The van der Waals surface area contributed by atoms with E-state index >= 15 is 0 Å². The fourth-order valence-corrected chi connectivity index (χ4v) is 3.68. The minimum atomic E-state index is -0.361. The predicted molar refractivity (Wildman–Crippen MR) is 147 cm³/mol. The normalized spacial score (nSPS) is 14.8. The molecule has 15 heteroatoms. The molecule has 39 heavy (non-hydrogen) atoms. The third kappa shape index (κ3) is 10.7. The molecule has 0 aliphatic carbocycles. The van der Waals surface area contributed by atoms with Crippen LogP contribution >= 0.6 is 34.8 Å². The fraction of sp³-hybridized carbons (Fsp3) is 0.333. The molecular weight excluding hydrogens is 567 g/mol. The topological polar surface area (TPSA) is 154 Å². The van der Waals surface area contributed by atoms with Crippen molar-refractivity contribution in [2.75, 3.05) is 26.2 Å². The van der Waals surface area contributed by atoms with Crippen molar-refractivity contribution >= 4 is 57.9 Å². The summed E-state index contributed by atoms with van der Waals surface area (Å²) in [5.74, 6) is 0.896. The highest BCUT2D eigenvalue weighted by molar-refractivity contribution is 6.62. The van der Waals surface area contributed by atoms with E-state index < -0.39 is 0 Å². The highest BCUT2D eigenvalue weighted by atomic mass is 35.5. The van der Waals surface area contributed by atoms with Crippen LogP contribution in [0.1, 0.15) is 25.0 Å². The minimum Gasteiger partial charge on any atom is -0.336 e. The first-order valence-corrected chi connectivity index (χ1v) is 12.6. The second kappa shape index (κ2) is 16.1. The molecule has 1 saturated heterocycles. The number of hydrogen-bond acceptors (Lipinski definition) is 10. The molecule has 2 aromatic heterocycles. The van der Waals surface area contributed by atoms with Crippen LogP contribution in [-0.4, -0.2) is 73.9 Å². The molecule has 12 nitrogen and oxygen atoms in total. The van der Waals surface area contributed by atoms with E-state index in [2.05, 4.69) is 36.9 Å². The molecule has 2 aromatic rings. The number of nitrogens with one attached hydrogen (secondary N) is 1. The van der Waals surface area contributed by atoms with E-state index in [1.165, 1.54) is 18.7 Å². The number of pyridine rings is 2. The standard InChI is InChI=1S/C12H12ClN5O.C10H10ClN5.C2H3ClO/c1-9(19)18-5-4-17(12(18)16-8-14)7-10-2-3-11(13)15-6-10;11-9-2-1-8(5-14-9)6-16-4-3-13-10(16)15-7-12;1-2(3)4/h2-3,6H,4-5,7H2,1H3;1-2,5H,3-4,6H2,(H,13,15);1H3. The molecule has 1 amide bonds. The van der Waals surface area contributed by atoms with Gasteiger partial charge in [0.1, 0.15) is 10.3 Å². The first-order chi connectivity index (χ1) is 18.6. The summed E-state index contributed by atoms with van der Waals surface area (Å²) in [6.07, 6.45) is 7.01. The number of guanidine groups is 2. The van der Waals surface area contributed by atoms with Crippen LogP contribution in [0.2, 0.25) is 10.3 Å². The number of aliphatic imine (C=N–C) groups is 2. The monoisotopic (exact) mass is 590 g/mol. The molecule has 4 rings (SSSR count). The zero-order chi connectivity index (χ0) is 28.8. The van der Waals surface area contributed by atoms with Gasteiger partial charge in [-0.05, 0) is 34.9 Å². The SMILES string of the molecule is CC(=O)Cl.CC(=O)N1CCN(Cc2ccc(Cl)nc2)C1=NC#N.N#CNC1=NCCN1Cc1ccc(Cl)nc1. The maximum absolute atomic E-state index is 11.5. The van der Waals surface area contributed by atoms with Crippen LogP contribution in [0.15, 0.2) is 46.6 Å². The minimum absolute atomic E-state index is 0.120. The number of aromatic nitrogens is 2. The van der Waals surface area contributed by atoms with Gasteiger partial charge in [-0.2, -0.15) is 10.5 Å². The summed E-state index contributed by atoms with van der Waals surface area (Å²) in [6.45, 7) is 6.67. The third-order valence-corrected chi connectivity index (χ3v) is 5.52. The van der Waals surface area contributed by atoms with E-state index in [-0.39, 0.29) is 11.1 Å². The summed E-state index contributed by atoms with van der Waals surface area (Å²) in [5, 5.41) is 20.4. The summed E-state index contributed by atoms with van der Waals surface area (Å²) in [5.41, 5.74) is 1.99. The van der Waals surface area contributed by atoms with E-state index in [4.69, 9.17) is 33.7 Å². The second-order valence-electron chi connectivity index (χ2n) is 7.92. The van der Waals surface area contributed by atoms with Gasteiger partial charge in [0, 0.05) is 59.0 Å². The Bertz CT molecular complexity index is 1270. The molecule has 0 atom stereocenters. The molecule has 2 aliphatic heterocycles. The summed E-state index contributed by atoms with van der Waals surface area (Å²) < 4.78 is 0. The Balaban J connectivity index is 0.000000243. The Morgan fingerprint density at radius 2 is 1.54 bits per heavy atom. The number of carbonyl (C=O) groups excluding carboxylic acids is 2. The molecule has 2 aliphatic rings. The van der Waals surface area contributed by atoms with Crippen molar-refractivity contribution in [3.8, 4) is 12.4 Å². The van der Waals surface area contributed by atoms with E-state index in [1.807, 2.05) is 28.1 Å². The van der Waals surface area contributed by atoms with Gasteiger partial charge in [0.05, 0.1) is 6.54 Å². The van der Waals surface area contributed by atoms with Crippen LogP contribution in [0.4, 0.5) is 0 Å². The molecule has 0 bridgehead atoms. The van der Waals surface area contributed by atoms with E-state index in [0.29, 0.717) is 54.9 Å². The van der Waals surface area contributed by atoms with Crippen molar-refractivity contribution in [2.24, 2.45) is 9.98 Å². The zero-order valence-electron chi connectivity index (χ0n) is 21.2. The molecule has 0 radical (unpaired) electrons. The number of nitrogens with zero attached hydrogens (tertiary/aromatic N) is 9. The van der Waals surface area contributed by atoms with Gasteiger partial charge < -0.3 is 9.80 Å². The first-order valence-electron chi connectivity index (χ1n) is 11.5. The van der Waals surface area contributed by atoms with Crippen LogP contribution in [0, 0.1) is 22.9 Å². The van der Waals surface area contributed by atoms with Gasteiger partial charge in [0.15, 0.2) is 6.19 Å². The number of halogens is 3. The zero-order valence-corrected chi connectivity index (χ0v) is 23.4. The first kappa shape index (κ1) is 31.2. The number of rotatable bonds is 4. The van der Waals surface area contributed by atoms with Crippen molar-refractivity contribution in [3.63, 3.8) is 0 Å². The highest BCUT2D eigenvalue weighted by Gasteiger charge is 2.29. The van der Waals surface area contributed by atoms with Crippen LogP contribution < -0.4 is 5.32 Å². The van der Waals surface area contributed by atoms with E-state index in [0.717, 1.165) is 17.7 Å². The third-order valence-electron chi connectivity index (χ3n) is 5.07. The number of hydrogen-bond donors (Lipinski definition) is 1. The predicted octanol–water partition coefficient (Wildman–Crippen LogP) is 2.99. The van der Waals surface area contributed by atoms with Crippen molar-refractivity contribution in [1.29, 1.82) is 10.5 Å². The second-order valence-corrected chi connectivity index (χ2v) is 9.22. The lowest BCUT2D eigenvalue weighted by Gasteiger charge is -2.19. The van der Waals surface area contributed by atoms with Crippen LogP contribution in [0.3, 0.4) is 0 Å². The lowest BCUT2D eigenvalue weighted by atomic mass is 10.3. The van der Waals surface area contributed by atoms with Gasteiger partial charge in [-0.25, -0.2) is 9.97 Å². The van der Waals surface area contributed by atoms with Gasteiger partial charge in [0.25, 0.3) is 0 Å². The average Bonchev–Trinajstić information content (AvgIpc) is 3.49. The Hall–Kier alpha value is -3.97. The summed E-state index contributed by atoms with van der Waals surface area (Å²) in [4.78, 5) is 41.9. The van der Waals surface area contributed by atoms with Crippen LogP contribution in [0.5, 0.6) is 0 Å². The fourth-order valence-electron chi connectivity index (χ4n) is 3.46. The van der Waals surface area contributed by atoms with Crippen molar-refractivity contribution in [1.82, 2.24) is 30.0 Å². The molecule has 0 unspecified atom stereocenters. The number of carbonyl (C=O) groups is 2. The lowest BCUT2D eigenvalue weighted by molar-refractivity contribution is -0.124. The molecule has 4 heterocycles. The lowest BCUT2D eigenvalue weighted by Crippen LogP contribution is -2.36. The Morgan fingerprint density at radius 1 is 0.974 bits per heavy atom. The molecule has 0 spiro atoms. The molecule has 1 N–H and O–H groups in total. The quantitative estimate of drug-likeness (QED) is 0.245. The summed E-state index contributed by atoms with van der Waals surface area (Å²) in [7, 11) is 0. The summed E-state index contributed by atoms with van der Waals surface area (Å²) in [6, 6.07) is 7.23. The van der Waals surface area contributed by atoms with Gasteiger partial charge in [-0.3, -0.25) is 24.8 Å². The van der Waals surface area contributed by atoms with Crippen molar-refractivity contribution in [2.45, 2.75) is 26.9 Å². The molecule has 0 aromatic carbocycles. The van der Waals surface area contributed by atoms with Gasteiger partial charge in [0.2, 0.25) is 29.3 Å². The Kier molecular flexibility index (Phi) is 12.9. The maximum atomic E-state index is 11.5. The molecule has 0 saturated carbocycles. The van der Waals surface area contributed by atoms with Gasteiger partial charge in [-0.15, -0.1) is 4.99 Å². The largest absolute Gasteiger partial charge is 0.336 e. The van der Waals surface area contributed by atoms with Crippen LogP contribution in [0.25, 0.3) is 0 Å². The average molecular weight is 592 g/mol. The Morgan fingerprint density at radius 3 is 2.00 bits per heavy atom. The maximum Gasteiger partial charge on any atom is 0.226 e.